The van der Waals surface area contributed by atoms with E-state index in [2.05, 4.69) is 15.9 Å². The number of fused-ring (bicyclic) bond motifs is 1. The van der Waals surface area contributed by atoms with Gasteiger partial charge in [0.1, 0.15) is 5.75 Å². The molecule has 1 fully saturated rings. The summed E-state index contributed by atoms with van der Waals surface area (Å²) >= 11 is 3.34. The zero-order valence-electron chi connectivity index (χ0n) is 19.7. The van der Waals surface area contributed by atoms with Gasteiger partial charge in [-0.3, -0.25) is 19.2 Å². The summed E-state index contributed by atoms with van der Waals surface area (Å²) in [4.78, 5) is 54.2. The normalized spacial score (nSPS) is 18.0. The van der Waals surface area contributed by atoms with Crippen LogP contribution in [-0.2, 0) is 9.59 Å². The predicted octanol–water partition coefficient (Wildman–Crippen LogP) is 5.07. The van der Waals surface area contributed by atoms with Crippen molar-refractivity contribution in [1.82, 2.24) is 4.90 Å². The van der Waals surface area contributed by atoms with Crippen molar-refractivity contribution in [2.45, 2.75) is 26.3 Å². The number of aryl methyl sites for hydroxylation is 1. The number of imide groups is 1. The molecule has 2 heterocycles. The molecule has 0 radical (unpaired) electrons. The van der Waals surface area contributed by atoms with Gasteiger partial charge in [-0.05, 0) is 61.4 Å². The number of hydrogen-bond acceptors (Lipinski definition) is 5. The average Bonchev–Trinajstić information content (AvgIpc) is 3.37. The van der Waals surface area contributed by atoms with E-state index >= 15 is 0 Å². The minimum atomic E-state index is -0.571. The van der Waals surface area contributed by atoms with Crippen LogP contribution in [0.3, 0.4) is 0 Å². The van der Waals surface area contributed by atoms with Gasteiger partial charge >= 0.3 is 5.97 Å². The Morgan fingerprint density at radius 3 is 2.42 bits per heavy atom. The van der Waals surface area contributed by atoms with Crippen molar-refractivity contribution < 1.29 is 23.9 Å². The molecule has 0 spiro atoms. The number of halogens is 1. The Hall–Kier alpha value is -3.78. The molecule has 3 aromatic carbocycles. The Labute approximate surface area is 216 Å². The molecule has 3 aromatic rings. The lowest BCUT2D eigenvalue weighted by atomic mass is 10.1. The van der Waals surface area contributed by atoms with Crippen LogP contribution >= 0.6 is 15.9 Å². The molecule has 0 N–H and O–H groups in total. The zero-order valence-corrected chi connectivity index (χ0v) is 21.3. The number of ether oxygens (including phenoxy) is 1. The summed E-state index contributed by atoms with van der Waals surface area (Å²) in [7, 11) is 0. The number of amides is 3. The molecule has 0 saturated carbocycles. The largest absolute Gasteiger partial charge is 0.426 e. The lowest BCUT2D eigenvalue weighted by molar-refractivity contribution is -0.139. The second-order valence-corrected chi connectivity index (χ2v) is 9.95. The zero-order chi connectivity index (χ0) is 25.6. The van der Waals surface area contributed by atoms with E-state index in [0.717, 1.165) is 10.5 Å². The van der Waals surface area contributed by atoms with Crippen molar-refractivity contribution >= 4 is 45.3 Å². The standard InChI is InChI=1S/C28H23BrN2O5/c1-16-12-21(9-11-24(16)31-26(33)22-10-8-20(29)14-23(22)27(31)34)36-28(35)19-13-25(32)30(15-19)17(2)18-6-4-3-5-7-18/h3-12,14,17,19H,13,15H2,1-2H3/t17-,19-/m0/s1. The highest BCUT2D eigenvalue weighted by Gasteiger charge is 2.39. The maximum Gasteiger partial charge on any atom is 0.316 e. The third-order valence-electron chi connectivity index (χ3n) is 6.72. The highest BCUT2D eigenvalue weighted by molar-refractivity contribution is 9.10. The SMILES string of the molecule is Cc1cc(OC(=O)[C@H]2CC(=O)N([C@@H](C)c3ccccc3)C2)ccc1N1C(=O)c2ccc(Br)cc2C1=O. The lowest BCUT2D eigenvalue weighted by Gasteiger charge is -2.25. The Kier molecular flexibility index (Phi) is 6.22. The van der Waals surface area contributed by atoms with Gasteiger partial charge in [0.25, 0.3) is 11.8 Å². The molecule has 8 heteroatoms. The van der Waals surface area contributed by atoms with Crippen LogP contribution in [0, 0.1) is 12.8 Å². The highest BCUT2D eigenvalue weighted by atomic mass is 79.9. The fraction of sp³-hybridized carbons (Fsp3) is 0.214. The van der Waals surface area contributed by atoms with Crippen molar-refractivity contribution in [3.05, 3.63) is 93.5 Å². The number of carbonyl (C=O) groups excluding carboxylic acids is 4. The van der Waals surface area contributed by atoms with Gasteiger partial charge in [-0.2, -0.15) is 0 Å². The van der Waals surface area contributed by atoms with E-state index in [1.54, 1.807) is 48.2 Å². The number of anilines is 1. The summed E-state index contributed by atoms with van der Waals surface area (Å²) in [6, 6.07) is 19.3. The summed E-state index contributed by atoms with van der Waals surface area (Å²) in [5.41, 5.74) is 2.72. The first-order chi connectivity index (χ1) is 17.2. The molecular weight excluding hydrogens is 524 g/mol. The van der Waals surface area contributed by atoms with Crippen LogP contribution in [0.4, 0.5) is 5.69 Å². The van der Waals surface area contributed by atoms with Crippen LogP contribution in [0.25, 0.3) is 0 Å². The van der Waals surface area contributed by atoms with E-state index in [1.807, 2.05) is 37.3 Å². The van der Waals surface area contributed by atoms with Gasteiger partial charge in [-0.1, -0.05) is 46.3 Å². The molecule has 182 valence electrons. The van der Waals surface area contributed by atoms with E-state index in [-0.39, 0.29) is 24.9 Å². The van der Waals surface area contributed by atoms with Crippen molar-refractivity contribution in [1.29, 1.82) is 0 Å². The van der Waals surface area contributed by atoms with E-state index in [0.29, 0.717) is 32.6 Å². The summed E-state index contributed by atoms with van der Waals surface area (Å²) in [6.07, 6.45) is 0.0949. The molecule has 5 rings (SSSR count). The van der Waals surface area contributed by atoms with Crippen LogP contribution in [0.1, 0.15) is 51.2 Å². The first kappa shape index (κ1) is 23.9. The molecule has 0 aromatic heterocycles. The molecule has 2 atom stereocenters. The minimum Gasteiger partial charge on any atom is -0.426 e. The third-order valence-corrected chi connectivity index (χ3v) is 7.21. The molecular formula is C28H23BrN2O5. The van der Waals surface area contributed by atoms with Crippen LogP contribution in [0.15, 0.2) is 71.2 Å². The van der Waals surface area contributed by atoms with Gasteiger partial charge in [0.2, 0.25) is 5.91 Å². The number of rotatable bonds is 5. The quantitative estimate of drug-likeness (QED) is 0.253. The second-order valence-electron chi connectivity index (χ2n) is 9.04. The molecule has 3 amide bonds. The van der Waals surface area contributed by atoms with Crippen LogP contribution in [0.2, 0.25) is 0 Å². The van der Waals surface area contributed by atoms with Gasteiger partial charge in [-0.25, -0.2) is 4.90 Å². The lowest BCUT2D eigenvalue weighted by Crippen LogP contribution is -2.30. The molecule has 0 bridgehead atoms. The summed E-state index contributed by atoms with van der Waals surface area (Å²) in [6.45, 7) is 3.98. The smallest absolute Gasteiger partial charge is 0.316 e. The Morgan fingerprint density at radius 1 is 0.972 bits per heavy atom. The third kappa shape index (κ3) is 4.22. The summed E-state index contributed by atoms with van der Waals surface area (Å²) in [5, 5.41) is 0. The number of esters is 1. The molecule has 0 unspecified atom stereocenters. The van der Waals surface area contributed by atoms with Crippen molar-refractivity contribution in [2.24, 2.45) is 5.92 Å². The molecule has 1 saturated heterocycles. The number of carbonyl (C=O) groups is 4. The molecule has 2 aliphatic rings. The minimum absolute atomic E-state index is 0.0860. The fourth-order valence-corrected chi connectivity index (χ4v) is 5.11. The number of benzene rings is 3. The first-order valence-electron chi connectivity index (χ1n) is 11.6. The van der Waals surface area contributed by atoms with Crippen molar-refractivity contribution in [3.63, 3.8) is 0 Å². The van der Waals surface area contributed by atoms with Crippen molar-refractivity contribution in [2.75, 3.05) is 11.4 Å². The second kappa shape index (κ2) is 9.35. The predicted molar refractivity (Wildman–Crippen MR) is 137 cm³/mol. The Morgan fingerprint density at radius 2 is 1.69 bits per heavy atom. The van der Waals surface area contributed by atoms with Gasteiger partial charge in [0.15, 0.2) is 0 Å². The highest BCUT2D eigenvalue weighted by Crippen LogP contribution is 2.34. The van der Waals surface area contributed by atoms with Crippen LogP contribution in [-0.4, -0.2) is 35.1 Å². The Bertz CT molecular complexity index is 1400. The molecule has 36 heavy (non-hydrogen) atoms. The first-order valence-corrected chi connectivity index (χ1v) is 12.4. The van der Waals surface area contributed by atoms with Crippen molar-refractivity contribution in [3.8, 4) is 5.75 Å². The van der Waals surface area contributed by atoms with E-state index in [9.17, 15) is 19.2 Å². The van der Waals surface area contributed by atoms with E-state index in [1.165, 1.54) is 0 Å². The molecule has 0 aliphatic carbocycles. The number of likely N-dealkylation sites (tertiary alicyclic amines) is 1. The van der Waals surface area contributed by atoms with E-state index < -0.39 is 23.7 Å². The van der Waals surface area contributed by atoms with Gasteiger partial charge < -0.3 is 9.64 Å². The van der Waals surface area contributed by atoms with Crippen LogP contribution in [0.5, 0.6) is 5.75 Å². The fourth-order valence-electron chi connectivity index (χ4n) is 4.75. The van der Waals surface area contributed by atoms with Gasteiger partial charge in [0.05, 0.1) is 28.8 Å². The van der Waals surface area contributed by atoms with E-state index in [4.69, 9.17) is 4.74 Å². The topological polar surface area (TPSA) is 84.0 Å². The van der Waals surface area contributed by atoms with Gasteiger partial charge in [-0.15, -0.1) is 0 Å². The number of hydrogen-bond donors (Lipinski definition) is 0. The van der Waals surface area contributed by atoms with Crippen LogP contribution < -0.4 is 9.64 Å². The monoisotopic (exact) mass is 546 g/mol. The molecule has 7 nitrogen and oxygen atoms in total. The summed E-state index contributed by atoms with van der Waals surface area (Å²) in [5.74, 6) is -1.64. The average molecular weight is 547 g/mol. The summed E-state index contributed by atoms with van der Waals surface area (Å²) < 4.78 is 6.31. The van der Waals surface area contributed by atoms with Gasteiger partial charge in [0, 0.05) is 17.4 Å². The molecule has 2 aliphatic heterocycles. The number of nitrogens with zero attached hydrogens (tertiary/aromatic N) is 2. The Balaban J connectivity index is 1.29. The maximum atomic E-state index is 12.9. The maximum absolute atomic E-state index is 12.9.